The first-order valence-corrected chi connectivity index (χ1v) is 7.02. The van der Waals surface area contributed by atoms with E-state index in [0.717, 1.165) is 12.8 Å². The Balaban J connectivity index is 2.50. The molecule has 2 amide bonds. The van der Waals surface area contributed by atoms with Gasteiger partial charge in [0.15, 0.2) is 0 Å². The number of hydrogen-bond donors (Lipinski definition) is 3. The van der Waals surface area contributed by atoms with Gasteiger partial charge in [-0.2, -0.15) is 0 Å². The topological polar surface area (TPSA) is 93.5 Å². The average Bonchev–Trinajstić information content (AvgIpc) is 2.47. The largest absolute Gasteiger partial charge is 0.375 e. The van der Waals surface area contributed by atoms with Crippen molar-refractivity contribution < 1.29 is 14.3 Å². The van der Waals surface area contributed by atoms with Crippen LogP contribution in [0, 0.1) is 0 Å². The molecule has 1 unspecified atom stereocenters. The van der Waals surface area contributed by atoms with Gasteiger partial charge >= 0.3 is 0 Å². The molecule has 0 aliphatic heterocycles. The highest BCUT2D eigenvalue weighted by Gasteiger charge is 2.12. The second-order valence-electron chi connectivity index (χ2n) is 4.80. The van der Waals surface area contributed by atoms with E-state index in [1.165, 1.54) is 7.11 Å². The maximum absolute atomic E-state index is 11.8. The highest BCUT2D eigenvalue weighted by Crippen LogP contribution is 2.14. The summed E-state index contributed by atoms with van der Waals surface area (Å²) in [6.45, 7) is 2.06. The molecule has 1 aromatic rings. The van der Waals surface area contributed by atoms with Gasteiger partial charge in [0.25, 0.3) is 0 Å². The van der Waals surface area contributed by atoms with Crippen molar-refractivity contribution in [3.63, 3.8) is 0 Å². The van der Waals surface area contributed by atoms with Crippen LogP contribution < -0.4 is 16.4 Å². The number of benzene rings is 1. The van der Waals surface area contributed by atoms with E-state index >= 15 is 0 Å². The van der Waals surface area contributed by atoms with Gasteiger partial charge in [0, 0.05) is 18.5 Å². The van der Waals surface area contributed by atoms with E-state index in [1.54, 1.807) is 24.3 Å². The molecule has 0 saturated carbocycles. The zero-order chi connectivity index (χ0) is 15.7. The second kappa shape index (κ2) is 9.10. The molecule has 0 aromatic heterocycles. The van der Waals surface area contributed by atoms with E-state index in [9.17, 15) is 9.59 Å². The molecular formula is C15H23N3O3. The lowest BCUT2D eigenvalue weighted by atomic mass is 10.1. The zero-order valence-electron chi connectivity index (χ0n) is 12.5. The molecule has 6 heteroatoms. The van der Waals surface area contributed by atoms with Gasteiger partial charge in [-0.05, 0) is 30.7 Å². The third-order valence-electron chi connectivity index (χ3n) is 2.92. The summed E-state index contributed by atoms with van der Waals surface area (Å²) in [6.07, 6.45) is 2.61. The Labute approximate surface area is 125 Å². The lowest BCUT2D eigenvalue weighted by Crippen LogP contribution is -2.35. The summed E-state index contributed by atoms with van der Waals surface area (Å²) in [4.78, 5) is 23.2. The first kappa shape index (κ1) is 17.1. The number of nitrogens with two attached hydrogens (primary N) is 1. The fraction of sp³-hybridized carbons (Fsp3) is 0.467. The molecule has 6 nitrogen and oxygen atoms in total. The quantitative estimate of drug-likeness (QED) is 0.680. The number of carbonyl (C=O) groups is 2. The van der Waals surface area contributed by atoms with Crippen LogP contribution in [0.15, 0.2) is 24.3 Å². The number of nitrogens with one attached hydrogen (secondary N) is 2. The lowest BCUT2D eigenvalue weighted by Gasteiger charge is -2.12. The number of unbranched alkanes of at least 4 members (excludes halogenated alkanes) is 1. The first-order valence-electron chi connectivity index (χ1n) is 7.02. The van der Waals surface area contributed by atoms with Crippen LogP contribution in [0.5, 0.6) is 0 Å². The highest BCUT2D eigenvalue weighted by atomic mass is 16.5. The minimum atomic E-state index is -0.494. The van der Waals surface area contributed by atoms with E-state index in [1.807, 2.05) is 0 Å². The predicted octanol–water partition coefficient (Wildman–Crippen LogP) is 1.73. The van der Waals surface area contributed by atoms with E-state index in [4.69, 9.17) is 10.5 Å². The number of rotatable bonds is 8. The molecule has 4 N–H and O–H groups in total. The zero-order valence-corrected chi connectivity index (χ0v) is 12.5. The van der Waals surface area contributed by atoms with Gasteiger partial charge in [-0.25, -0.2) is 0 Å². The van der Waals surface area contributed by atoms with Crippen LogP contribution in [0.25, 0.3) is 0 Å². The molecule has 0 radical (unpaired) electrons. The van der Waals surface area contributed by atoms with Gasteiger partial charge in [0.2, 0.25) is 11.8 Å². The monoisotopic (exact) mass is 293 g/mol. The highest BCUT2D eigenvalue weighted by molar-refractivity contribution is 5.95. The molecule has 1 rings (SSSR count). The molecule has 0 heterocycles. The van der Waals surface area contributed by atoms with Crippen LogP contribution in [-0.2, 0) is 14.3 Å². The van der Waals surface area contributed by atoms with Gasteiger partial charge in [0.05, 0.1) is 6.04 Å². The van der Waals surface area contributed by atoms with Crippen LogP contribution in [0.2, 0.25) is 0 Å². The molecule has 0 bridgehead atoms. The fourth-order valence-electron chi connectivity index (χ4n) is 1.76. The second-order valence-corrected chi connectivity index (χ2v) is 4.80. The van der Waals surface area contributed by atoms with E-state index in [2.05, 4.69) is 17.6 Å². The van der Waals surface area contributed by atoms with Crippen LogP contribution in [-0.4, -0.2) is 31.6 Å². The molecule has 1 atom stereocenters. The van der Waals surface area contributed by atoms with Gasteiger partial charge in [0.1, 0.15) is 6.61 Å². The van der Waals surface area contributed by atoms with E-state index in [0.29, 0.717) is 17.8 Å². The number of amides is 2. The van der Waals surface area contributed by atoms with Crippen LogP contribution in [0.3, 0.4) is 0 Å². The van der Waals surface area contributed by atoms with E-state index in [-0.39, 0.29) is 18.4 Å². The van der Waals surface area contributed by atoms with E-state index < -0.39 is 6.04 Å². The van der Waals surface area contributed by atoms with Crippen molar-refractivity contribution in [3.05, 3.63) is 24.3 Å². The standard InChI is InChI=1S/C15H23N3O3/c1-3-4-5-13(16)15(20)18-12-8-6-11(7-9-12)17-14(19)10-21-2/h6-9,13H,3-5,10,16H2,1-2H3,(H,17,19)(H,18,20). The van der Waals surface area contributed by atoms with Crippen molar-refractivity contribution in [2.45, 2.75) is 32.2 Å². The molecule has 21 heavy (non-hydrogen) atoms. The third kappa shape index (κ3) is 6.37. The van der Waals surface area contributed by atoms with Crippen molar-refractivity contribution in [1.82, 2.24) is 0 Å². The number of hydrogen-bond acceptors (Lipinski definition) is 4. The van der Waals surface area contributed by atoms with Gasteiger partial charge < -0.3 is 21.1 Å². The predicted molar refractivity (Wildman–Crippen MR) is 83.1 cm³/mol. The smallest absolute Gasteiger partial charge is 0.250 e. The Hall–Kier alpha value is -1.92. The first-order chi connectivity index (χ1) is 10.1. The number of anilines is 2. The molecule has 0 aliphatic rings. The number of carbonyl (C=O) groups excluding carboxylic acids is 2. The maximum Gasteiger partial charge on any atom is 0.250 e. The Morgan fingerprint density at radius 1 is 1.19 bits per heavy atom. The summed E-state index contributed by atoms with van der Waals surface area (Å²) in [5.41, 5.74) is 7.09. The summed E-state index contributed by atoms with van der Waals surface area (Å²) >= 11 is 0. The Morgan fingerprint density at radius 2 is 1.76 bits per heavy atom. The fourth-order valence-corrected chi connectivity index (χ4v) is 1.76. The minimum Gasteiger partial charge on any atom is -0.375 e. The molecule has 116 valence electrons. The molecular weight excluding hydrogens is 270 g/mol. The Kier molecular flexibility index (Phi) is 7.42. The van der Waals surface area contributed by atoms with Gasteiger partial charge in [-0.1, -0.05) is 19.8 Å². The van der Waals surface area contributed by atoms with Gasteiger partial charge in [-0.15, -0.1) is 0 Å². The SMILES string of the molecule is CCCCC(N)C(=O)Nc1ccc(NC(=O)COC)cc1. The van der Waals surface area contributed by atoms with Crippen molar-refractivity contribution >= 4 is 23.2 Å². The normalized spacial score (nSPS) is 11.8. The molecule has 0 fully saturated rings. The van der Waals surface area contributed by atoms with Crippen LogP contribution in [0.4, 0.5) is 11.4 Å². The molecule has 0 spiro atoms. The third-order valence-corrected chi connectivity index (χ3v) is 2.92. The molecule has 0 aliphatic carbocycles. The summed E-state index contributed by atoms with van der Waals surface area (Å²) < 4.78 is 4.73. The number of ether oxygens (including phenoxy) is 1. The average molecular weight is 293 g/mol. The van der Waals surface area contributed by atoms with Gasteiger partial charge in [-0.3, -0.25) is 9.59 Å². The number of methoxy groups -OCH3 is 1. The summed E-state index contributed by atoms with van der Waals surface area (Å²) in [5.74, 6) is -0.421. The van der Waals surface area contributed by atoms with Crippen molar-refractivity contribution in [3.8, 4) is 0 Å². The molecule has 1 aromatic carbocycles. The van der Waals surface area contributed by atoms with Crippen molar-refractivity contribution in [2.75, 3.05) is 24.4 Å². The molecule has 0 saturated heterocycles. The summed E-state index contributed by atoms with van der Waals surface area (Å²) in [6, 6.07) is 6.35. The lowest BCUT2D eigenvalue weighted by molar-refractivity contribution is -0.119. The van der Waals surface area contributed by atoms with Crippen LogP contribution in [0.1, 0.15) is 26.2 Å². The van der Waals surface area contributed by atoms with Crippen molar-refractivity contribution in [2.24, 2.45) is 5.73 Å². The minimum absolute atomic E-state index is 0.00473. The summed E-state index contributed by atoms with van der Waals surface area (Å²) in [5, 5.41) is 5.43. The maximum atomic E-state index is 11.8. The van der Waals surface area contributed by atoms with Crippen molar-refractivity contribution in [1.29, 1.82) is 0 Å². The Bertz CT molecular complexity index is 460. The Morgan fingerprint density at radius 3 is 2.29 bits per heavy atom. The summed E-state index contributed by atoms with van der Waals surface area (Å²) in [7, 11) is 1.46. The van der Waals surface area contributed by atoms with Crippen LogP contribution >= 0.6 is 0 Å².